The van der Waals surface area contributed by atoms with Crippen LogP contribution in [0.15, 0.2) is 42.5 Å². The number of rotatable bonds is 8. The lowest BCUT2D eigenvalue weighted by atomic mass is 9.70. The fraction of sp³-hybridized carbons (Fsp3) is 0.536. The zero-order chi connectivity index (χ0) is 25.6. The van der Waals surface area contributed by atoms with Crippen molar-refractivity contribution < 1.29 is 29.0 Å². The van der Waals surface area contributed by atoms with E-state index in [1.807, 2.05) is 56.3 Å². The maximum Gasteiger partial charge on any atom is 0.312 e. The third-order valence-electron chi connectivity index (χ3n) is 7.91. The fourth-order valence-electron chi connectivity index (χ4n) is 6.59. The summed E-state index contributed by atoms with van der Waals surface area (Å²) in [5.41, 5.74) is -0.505. The van der Waals surface area contributed by atoms with Crippen LogP contribution in [0.1, 0.15) is 40.0 Å². The van der Waals surface area contributed by atoms with E-state index in [0.717, 1.165) is 10.8 Å². The fourth-order valence-corrected chi connectivity index (χ4v) is 6.59. The van der Waals surface area contributed by atoms with Gasteiger partial charge in [-0.2, -0.15) is 0 Å². The van der Waals surface area contributed by atoms with E-state index >= 15 is 0 Å². The standard InChI is InChI=1S/C28H34N2O6/c1-4-35-27(34)22-21-11-12-28(36-21)23(22)26(33)30(20(15-31)13-16(2)3)24(28)25(32)29-19-10-9-17-7-5-6-8-18(17)14-19/h5-10,14,16,20-24,31H,4,11-13,15H2,1-3H3,(H,29,32)/t20-,21+,22-,23-,24+,28-/m1/s1. The molecule has 3 heterocycles. The predicted octanol–water partition coefficient (Wildman–Crippen LogP) is 3.12. The van der Waals surface area contributed by atoms with E-state index < -0.39 is 41.6 Å². The lowest BCUT2D eigenvalue weighted by molar-refractivity contribution is -0.155. The van der Waals surface area contributed by atoms with Gasteiger partial charge in [-0.1, -0.05) is 44.2 Å². The van der Waals surface area contributed by atoms with Crippen molar-refractivity contribution in [2.45, 2.75) is 63.8 Å². The second kappa shape index (κ2) is 9.48. The molecule has 0 radical (unpaired) electrons. The topological polar surface area (TPSA) is 105 Å². The van der Waals surface area contributed by atoms with E-state index in [1.54, 1.807) is 6.92 Å². The first-order valence-electron chi connectivity index (χ1n) is 12.9. The molecule has 3 aliphatic heterocycles. The summed E-state index contributed by atoms with van der Waals surface area (Å²) in [5, 5.41) is 15.3. The molecule has 1 spiro atoms. The number of esters is 1. The molecule has 3 saturated heterocycles. The van der Waals surface area contributed by atoms with Crippen LogP contribution in [0.5, 0.6) is 0 Å². The molecule has 2 aromatic carbocycles. The molecule has 2 bridgehead atoms. The molecule has 5 rings (SSSR count). The number of benzene rings is 2. The molecular formula is C28H34N2O6. The monoisotopic (exact) mass is 494 g/mol. The van der Waals surface area contributed by atoms with Crippen molar-refractivity contribution in [3.05, 3.63) is 42.5 Å². The normalized spacial score (nSPS) is 29.6. The van der Waals surface area contributed by atoms with Gasteiger partial charge in [0.15, 0.2) is 0 Å². The Morgan fingerprint density at radius 2 is 1.97 bits per heavy atom. The summed E-state index contributed by atoms with van der Waals surface area (Å²) in [7, 11) is 0. The van der Waals surface area contributed by atoms with Crippen LogP contribution in [0.3, 0.4) is 0 Å². The molecule has 8 nitrogen and oxygen atoms in total. The van der Waals surface area contributed by atoms with Crippen molar-refractivity contribution in [2.24, 2.45) is 17.8 Å². The number of hydrogen-bond acceptors (Lipinski definition) is 6. The third-order valence-corrected chi connectivity index (χ3v) is 7.91. The molecule has 3 fully saturated rings. The van der Waals surface area contributed by atoms with Crippen LogP contribution in [0, 0.1) is 17.8 Å². The van der Waals surface area contributed by atoms with Crippen LogP contribution in [-0.4, -0.2) is 64.8 Å². The maximum atomic E-state index is 14.0. The van der Waals surface area contributed by atoms with Crippen LogP contribution in [-0.2, 0) is 23.9 Å². The summed E-state index contributed by atoms with van der Waals surface area (Å²) in [6.45, 7) is 5.68. The highest BCUT2D eigenvalue weighted by Gasteiger charge is 2.75. The van der Waals surface area contributed by atoms with Crippen molar-refractivity contribution in [1.82, 2.24) is 4.90 Å². The van der Waals surface area contributed by atoms with Gasteiger partial charge in [0, 0.05) is 5.69 Å². The molecule has 36 heavy (non-hydrogen) atoms. The molecule has 0 aromatic heterocycles. The van der Waals surface area contributed by atoms with E-state index in [-0.39, 0.29) is 30.9 Å². The van der Waals surface area contributed by atoms with Crippen molar-refractivity contribution in [3.63, 3.8) is 0 Å². The van der Waals surface area contributed by atoms with Crippen LogP contribution in [0.2, 0.25) is 0 Å². The van der Waals surface area contributed by atoms with Gasteiger partial charge < -0.3 is 24.8 Å². The molecule has 2 N–H and O–H groups in total. The van der Waals surface area contributed by atoms with E-state index in [4.69, 9.17) is 9.47 Å². The minimum absolute atomic E-state index is 0.190. The summed E-state index contributed by atoms with van der Waals surface area (Å²) >= 11 is 0. The number of likely N-dealkylation sites (tertiary alicyclic amines) is 1. The first kappa shape index (κ1) is 24.7. The first-order valence-corrected chi connectivity index (χ1v) is 12.9. The molecule has 2 amide bonds. The number of nitrogens with one attached hydrogen (secondary N) is 1. The first-order chi connectivity index (χ1) is 17.3. The summed E-state index contributed by atoms with van der Waals surface area (Å²) < 4.78 is 11.7. The van der Waals surface area contributed by atoms with E-state index in [0.29, 0.717) is 24.9 Å². The average molecular weight is 495 g/mol. The Balaban J connectivity index is 1.53. The molecule has 192 valence electrons. The quantitative estimate of drug-likeness (QED) is 0.547. The Kier molecular flexibility index (Phi) is 6.51. The van der Waals surface area contributed by atoms with Crippen LogP contribution in [0.25, 0.3) is 10.8 Å². The Hall–Kier alpha value is -2.97. The smallest absolute Gasteiger partial charge is 0.312 e. The van der Waals surface area contributed by atoms with Crippen LogP contribution in [0.4, 0.5) is 5.69 Å². The lowest BCUT2D eigenvalue weighted by Crippen LogP contribution is -2.56. The highest BCUT2D eigenvalue weighted by atomic mass is 16.6. The van der Waals surface area contributed by atoms with Gasteiger partial charge in [0.05, 0.1) is 37.2 Å². The van der Waals surface area contributed by atoms with Gasteiger partial charge in [0.2, 0.25) is 11.8 Å². The highest BCUT2D eigenvalue weighted by Crippen LogP contribution is 2.59. The molecule has 8 heteroatoms. The number of ether oxygens (including phenoxy) is 2. The van der Waals surface area contributed by atoms with Gasteiger partial charge in [0.1, 0.15) is 11.6 Å². The Bertz CT molecular complexity index is 1180. The molecule has 0 saturated carbocycles. The summed E-state index contributed by atoms with van der Waals surface area (Å²) in [5.74, 6) is -2.49. The van der Waals surface area contributed by atoms with Crippen LogP contribution >= 0.6 is 0 Å². The van der Waals surface area contributed by atoms with Crippen molar-refractivity contribution >= 4 is 34.2 Å². The number of carbonyl (C=O) groups excluding carboxylic acids is 3. The van der Waals surface area contributed by atoms with Gasteiger partial charge in [0.25, 0.3) is 0 Å². The lowest BCUT2D eigenvalue weighted by Gasteiger charge is -2.37. The Morgan fingerprint density at radius 3 is 2.67 bits per heavy atom. The van der Waals surface area contributed by atoms with Gasteiger partial charge in [-0.05, 0) is 55.0 Å². The number of aliphatic hydroxyl groups excluding tert-OH is 1. The summed E-state index contributed by atoms with van der Waals surface area (Å²) in [6.07, 6.45) is 1.15. The van der Waals surface area contributed by atoms with Gasteiger partial charge in [-0.25, -0.2) is 0 Å². The number of nitrogens with zero attached hydrogens (tertiary/aromatic N) is 1. The number of anilines is 1. The third kappa shape index (κ3) is 3.87. The Morgan fingerprint density at radius 1 is 1.22 bits per heavy atom. The van der Waals surface area contributed by atoms with Crippen molar-refractivity contribution in [3.8, 4) is 0 Å². The number of fused-ring (bicyclic) bond motifs is 2. The number of hydrogen-bond donors (Lipinski definition) is 2. The second-order valence-electron chi connectivity index (χ2n) is 10.6. The molecule has 0 unspecified atom stereocenters. The number of carbonyl (C=O) groups is 3. The predicted molar refractivity (Wildman–Crippen MR) is 134 cm³/mol. The van der Waals surface area contributed by atoms with Crippen molar-refractivity contribution in [2.75, 3.05) is 18.5 Å². The maximum absolute atomic E-state index is 14.0. The van der Waals surface area contributed by atoms with Crippen molar-refractivity contribution in [1.29, 1.82) is 0 Å². The Labute approximate surface area is 210 Å². The highest BCUT2D eigenvalue weighted by molar-refractivity contribution is 6.04. The average Bonchev–Trinajstić information content (AvgIpc) is 3.50. The summed E-state index contributed by atoms with van der Waals surface area (Å²) in [6, 6.07) is 12.0. The minimum atomic E-state index is -1.12. The number of aliphatic hydroxyl groups is 1. The van der Waals surface area contributed by atoms with Crippen LogP contribution < -0.4 is 5.32 Å². The molecule has 6 atom stereocenters. The van der Waals surface area contributed by atoms with Gasteiger partial charge in [-0.15, -0.1) is 0 Å². The minimum Gasteiger partial charge on any atom is -0.466 e. The van der Waals surface area contributed by atoms with E-state index in [1.165, 1.54) is 4.90 Å². The van der Waals surface area contributed by atoms with Gasteiger partial charge in [-0.3, -0.25) is 14.4 Å². The molecule has 3 aliphatic rings. The molecule has 2 aromatic rings. The largest absolute Gasteiger partial charge is 0.466 e. The molecular weight excluding hydrogens is 460 g/mol. The zero-order valence-corrected chi connectivity index (χ0v) is 21.0. The number of amides is 2. The SMILES string of the molecule is CCOC(=O)[C@@H]1[C@@H]2CC[C@]3(O2)[C@H](C(=O)Nc2ccc4ccccc4c2)N([C@@H](CO)CC(C)C)C(=O)[C@@H]13. The summed E-state index contributed by atoms with van der Waals surface area (Å²) in [4.78, 5) is 42.3. The van der Waals surface area contributed by atoms with E-state index in [2.05, 4.69) is 5.32 Å². The molecule has 0 aliphatic carbocycles. The zero-order valence-electron chi connectivity index (χ0n) is 21.0. The second-order valence-corrected chi connectivity index (χ2v) is 10.6. The van der Waals surface area contributed by atoms with Gasteiger partial charge >= 0.3 is 5.97 Å². The van der Waals surface area contributed by atoms with E-state index in [9.17, 15) is 19.5 Å².